The highest BCUT2D eigenvalue weighted by atomic mass is 127. The Kier molecular flexibility index (Phi) is 10.5. The van der Waals surface area contributed by atoms with Gasteiger partial charge in [0.2, 0.25) is 0 Å². The highest BCUT2D eigenvalue weighted by Crippen LogP contribution is 2.24. The molecule has 31 heavy (non-hydrogen) atoms. The van der Waals surface area contributed by atoms with Gasteiger partial charge in [-0.15, -0.1) is 35.3 Å². The largest absolute Gasteiger partial charge is 0.357 e. The number of benzene rings is 1. The number of guanidine groups is 1. The molecule has 0 atom stereocenters. The third-order valence-electron chi connectivity index (χ3n) is 4.96. The number of rotatable bonds is 8. The molecule has 3 rings (SSSR count). The predicted molar refractivity (Wildman–Crippen MR) is 140 cm³/mol. The number of hydrogen-bond acceptors (Lipinski definition) is 5. The van der Waals surface area contributed by atoms with Crippen LogP contribution in [0.1, 0.15) is 41.4 Å². The minimum Gasteiger partial charge on any atom is -0.357 e. The Morgan fingerprint density at radius 2 is 1.90 bits per heavy atom. The van der Waals surface area contributed by atoms with Crippen molar-refractivity contribution in [3.63, 3.8) is 0 Å². The molecule has 1 saturated heterocycles. The number of carbonyl (C=O) groups is 1. The molecule has 2 heterocycles. The molecule has 1 aliphatic heterocycles. The van der Waals surface area contributed by atoms with E-state index < -0.39 is 0 Å². The first-order chi connectivity index (χ1) is 14.6. The molecular formula is C22H33IN6OS. The van der Waals surface area contributed by atoms with Crippen molar-refractivity contribution >= 4 is 52.3 Å². The molecule has 1 aliphatic rings. The van der Waals surface area contributed by atoms with Gasteiger partial charge in [0, 0.05) is 57.6 Å². The van der Waals surface area contributed by atoms with Gasteiger partial charge in [-0.25, -0.2) is 9.98 Å². The topological polar surface area (TPSA) is 72.9 Å². The lowest BCUT2D eigenvalue weighted by Crippen LogP contribution is -2.38. The van der Waals surface area contributed by atoms with Crippen molar-refractivity contribution in [1.29, 1.82) is 0 Å². The van der Waals surface area contributed by atoms with Gasteiger partial charge in [-0.05, 0) is 37.5 Å². The minimum atomic E-state index is 0. The standard InChI is InChI=1S/C22H32N6OS.HI/c1-4-23-21(25-15-17-7-9-18(10-8-17)20(29)27(2)3)24-12-11-19-16-30-22(26-19)28-13-5-6-14-28;/h7-10,16H,4-6,11-15H2,1-3H3,(H2,23,24,25);1H. The maximum atomic E-state index is 12.0. The van der Waals surface area contributed by atoms with Gasteiger partial charge in [0.25, 0.3) is 5.91 Å². The summed E-state index contributed by atoms with van der Waals surface area (Å²) < 4.78 is 0. The molecule has 7 nitrogen and oxygen atoms in total. The zero-order chi connectivity index (χ0) is 21.3. The number of anilines is 1. The molecule has 0 spiro atoms. The van der Waals surface area contributed by atoms with Crippen LogP contribution in [0, 0.1) is 0 Å². The van der Waals surface area contributed by atoms with E-state index >= 15 is 0 Å². The number of nitrogens with zero attached hydrogens (tertiary/aromatic N) is 4. The zero-order valence-corrected chi connectivity index (χ0v) is 21.7. The lowest BCUT2D eigenvalue weighted by atomic mass is 10.1. The molecule has 0 bridgehead atoms. The molecule has 1 aromatic carbocycles. The number of thiazole rings is 1. The molecule has 9 heteroatoms. The molecule has 0 unspecified atom stereocenters. The first-order valence-electron chi connectivity index (χ1n) is 10.6. The van der Waals surface area contributed by atoms with Crippen LogP contribution in [-0.4, -0.2) is 62.0 Å². The number of aliphatic imine (C=N–C) groups is 1. The van der Waals surface area contributed by atoms with Gasteiger partial charge in [-0.1, -0.05) is 12.1 Å². The van der Waals surface area contributed by atoms with E-state index in [2.05, 4.69) is 32.8 Å². The quantitative estimate of drug-likeness (QED) is 0.297. The second-order valence-electron chi connectivity index (χ2n) is 7.58. The number of halogens is 1. The number of carbonyl (C=O) groups excluding carboxylic acids is 1. The first-order valence-corrected chi connectivity index (χ1v) is 11.5. The fraction of sp³-hybridized carbons (Fsp3) is 0.500. The van der Waals surface area contributed by atoms with Crippen LogP contribution < -0.4 is 15.5 Å². The smallest absolute Gasteiger partial charge is 0.253 e. The Labute approximate surface area is 206 Å². The van der Waals surface area contributed by atoms with Crippen molar-refractivity contribution in [3.05, 3.63) is 46.5 Å². The maximum Gasteiger partial charge on any atom is 0.253 e. The molecule has 1 fully saturated rings. The Morgan fingerprint density at radius 1 is 1.19 bits per heavy atom. The normalized spacial score (nSPS) is 13.6. The third-order valence-corrected chi connectivity index (χ3v) is 5.91. The van der Waals surface area contributed by atoms with Crippen molar-refractivity contribution in [2.75, 3.05) is 45.2 Å². The molecule has 2 N–H and O–H groups in total. The Balaban J connectivity index is 0.00000341. The summed E-state index contributed by atoms with van der Waals surface area (Å²) in [5.74, 6) is 0.802. The second kappa shape index (κ2) is 12.8. The Bertz CT molecular complexity index is 846. The second-order valence-corrected chi connectivity index (χ2v) is 8.42. The summed E-state index contributed by atoms with van der Waals surface area (Å²) in [6, 6.07) is 7.62. The minimum absolute atomic E-state index is 0. The fourth-order valence-corrected chi connectivity index (χ4v) is 4.21. The van der Waals surface area contributed by atoms with Gasteiger partial charge in [0.05, 0.1) is 12.2 Å². The maximum absolute atomic E-state index is 12.0. The molecule has 0 radical (unpaired) electrons. The monoisotopic (exact) mass is 556 g/mol. The first kappa shape index (κ1) is 25.4. The predicted octanol–water partition coefficient (Wildman–Crippen LogP) is 3.36. The molecular weight excluding hydrogens is 523 g/mol. The van der Waals surface area contributed by atoms with Crippen LogP contribution in [0.3, 0.4) is 0 Å². The fourth-order valence-electron chi connectivity index (χ4n) is 3.30. The number of nitrogens with one attached hydrogen (secondary N) is 2. The molecule has 170 valence electrons. The number of amides is 1. The Hall–Kier alpha value is -1.88. The van der Waals surface area contributed by atoms with Crippen LogP contribution in [0.5, 0.6) is 0 Å². The van der Waals surface area contributed by atoms with Crippen molar-refractivity contribution in [2.24, 2.45) is 4.99 Å². The van der Waals surface area contributed by atoms with E-state index in [4.69, 9.17) is 4.98 Å². The lowest BCUT2D eigenvalue weighted by molar-refractivity contribution is 0.0827. The molecule has 2 aromatic rings. The van der Waals surface area contributed by atoms with Gasteiger partial charge in [-0.3, -0.25) is 4.79 Å². The molecule has 0 aliphatic carbocycles. The van der Waals surface area contributed by atoms with Gasteiger partial charge in [-0.2, -0.15) is 0 Å². The average Bonchev–Trinajstić information content (AvgIpc) is 3.43. The van der Waals surface area contributed by atoms with Crippen molar-refractivity contribution in [2.45, 2.75) is 32.7 Å². The van der Waals surface area contributed by atoms with Crippen LogP contribution >= 0.6 is 35.3 Å². The average molecular weight is 557 g/mol. The summed E-state index contributed by atoms with van der Waals surface area (Å²) in [6.07, 6.45) is 3.41. The number of aromatic nitrogens is 1. The number of hydrogen-bond donors (Lipinski definition) is 2. The van der Waals surface area contributed by atoms with E-state index in [1.54, 1.807) is 30.3 Å². The van der Waals surface area contributed by atoms with E-state index in [0.29, 0.717) is 12.1 Å². The van der Waals surface area contributed by atoms with E-state index in [1.165, 1.54) is 12.8 Å². The summed E-state index contributed by atoms with van der Waals surface area (Å²) in [6.45, 7) is 6.46. The van der Waals surface area contributed by atoms with E-state index in [-0.39, 0.29) is 29.9 Å². The van der Waals surface area contributed by atoms with Gasteiger partial charge in [0.1, 0.15) is 0 Å². The van der Waals surface area contributed by atoms with Crippen molar-refractivity contribution < 1.29 is 4.79 Å². The van der Waals surface area contributed by atoms with Crippen LogP contribution in [0.25, 0.3) is 0 Å². The van der Waals surface area contributed by atoms with Gasteiger partial charge >= 0.3 is 0 Å². The Morgan fingerprint density at radius 3 is 2.55 bits per heavy atom. The van der Waals surface area contributed by atoms with Gasteiger partial charge < -0.3 is 20.4 Å². The third kappa shape index (κ3) is 7.64. The van der Waals surface area contributed by atoms with Crippen LogP contribution in [0.2, 0.25) is 0 Å². The zero-order valence-electron chi connectivity index (χ0n) is 18.6. The highest BCUT2D eigenvalue weighted by Gasteiger charge is 2.15. The lowest BCUT2D eigenvalue weighted by Gasteiger charge is -2.12. The summed E-state index contributed by atoms with van der Waals surface area (Å²) in [5, 5.41) is 9.99. The summed E-state index contributed by atoms with van der Waals surface area (Å²) in [7, 11) is 3.52. The summed E-state index contributed by atoms with van der Waals surface area (Å²) >= 11 is 1.74. The van der Waals surface area contributed by atoms with Crippen LogP contribution in [0.15, 0.2) is 34.6 Å². The SMILES string of the molecule is CCNC(=NCc1ccc(C(=O)N(C)C)cc1)NCCc1csc(N2CCCC2)n1.I. The van der Waals surface area contributed by atoms with E-state index in [0.717, 1.165) is 54.9 Å². The summed E-state index contributed by atoms with van der Waals surface area (Å²) in [5.41, 5.74) is 2.89. The molecule has 1 aromatic heterocycles. The highest BCUT2D eigenvalue weighted by molar-refractivity contribution is 14.0. The summed E-state index contributed by atoms with van der Waals surface area (Å²) in [4.78, 5) is 25.4. The molecule has 0 saturated carbocycles. The van der Waals surface area contributed by atoms with Crippen molar-refractivity contribution in [1.82, 2.24) is 20.5 Å². The van der Waals surface area contributed by atoms with E-state index in [9.17, 15) is 4.79 Å². The van der Waals surface area contributed by atoms with Gasteiger partial charge in [0.15, 0.2) is 11.1 Å². The van der Waals surface area contributed by atoms with Crippen LogP contribution in [0.4, 0.5) is 5.13 Å². The van der Waals surface area contributed by atoms with E-state index in [1.807, 2.05) is 24.3 Å². The molecule has 1 amide bonds. The van der Waals surface area contributed by atoms with Crippen molar-refractivity contribution in [3.8, 4) is 0 Å². The van der Waals surface area contributed by atoms with Crippen LogP contribution in [-0.2, 0) is 13.0 Å².